The average molecular weight is 836 g/mol. The van der Waals surface area contributed by atoms with Crippen molar-refractivity contribution >= 4 is 76.1 Å². The van der Waals surface area contributed by atoms with Crippen LogP contribution in [0.1, 0.15) is 0 Å². The van der Waals surface area contributed by atoms with Crippen LogP contribution in [0, 0.1) is 0 Å². The normalized spacial score (nSPS) is 11.5. The van der Waals surface area contributed by atoms with E-state index in [1.807, 2.05) is 11.3 Å². The minimum Gasteiger partial charge on any atom is -0.398 e. The molecule has 0 unspecified atom stereocenters. The fourth-order valence-electron chi connectivity index (χ4n) is 9.50. The van der Waals surface area contributed by atoms with Crippen LogP contribution in [-0.4, -0.2) is 4.57 Å². The molecular weight excluding hydrogens is 795 g/mol. The summed E-state index contributed by atoms with van der Waals surface area (Å²) in [6.45, 7) is 0. The molecule has 12 aromatic rings. The molecule has 2 heterocycles. The predicted molar refractivity (Wildman–Crippen MR) is 275 cm³/mol. The van der Waals surface area contributed by atoms with E-state index in [1.165, 1.54) is 47.8 Å². The number of hydrogen-bond acceptors (Lipinski definition) is 3. The van der Waals surface area contributed by atoms with Crippen LogP contribution in [0.5, 0.6) is 0 Å². The molecule has 0 bridgehead atoms. The van der Waals surface area contributed by atoms with E-state index >= 15 is 0 Å². The maximum atomic E-state index is 7.51. The van der Waals surface area contributed by atoms with Gasteiger partial charge in [-0.2, -0.15) is 0 Å². The number of hydrogen-bond donors (Lipinski definition) is 1. The lowest BCUT2D eigenvalue weighted by Gasteiger charge is -2.26. The van der Waals surface area contributed by atoms with Gasteiger partial charge in [-0.05, 0) is 106 Å². The van der Waals surface area contributed by atoms with Crippen molar-refractivity contribution in [2.24, 2.45) is 0 Å². The van der Waals surface area contributed by atoms with Gasteiger partial charge in [-0.3, -0.25) is 0 Å². The number of nitrogens with two attached hydrogens (primary N) is 1. The second kappa shape index (κ2) is 15.6. The second-order valence-corrected chi connectivity index (χ2v) is 17.4. The Morgan fingerprint density at radius 2 is 0.828 bits per heavy atom. The Morgan fingerprint density at radius 1 is 0.359 bits per heavy atom. The molecule has 2 N–H and O–H groups in total. The van der Waals surface area contributed by atoms with Gasteiger partial charge in [0.1, 0.15) is 0 Å². The Kier molecular flexibility index (Phi) is 9.17. The summed E-state index contributed by atoms with van der Waals surface area (Å²) in [6, 6.07) is 85.0. The summed E-state index contributed by atoms with van der Waals surface area (Å²) >= 11 is 1.84. The number of nitrogen functional groups attached to an aromatic ring is 1. The monoisotopic (exact) mass is 835 g/mol. The third-order valence-corrected chi connectivity index (χ3v) is 13.7. The van der Waals surface area contributed by atoms with Crippen LogP contribution in [0.3, 0.4) is 0 Å². The smallest absolute Gasteiger partial charge is 0.0640 e. The summed E-state index contributed by atoms with van der Waals surface area (Å²) < 4.78 is 5.00. The van der Waals surface area contributed by atoms with Gasteiger partial charge in [-0.15, -0.1) is 11.3 Å². The van der Waals surface area contributed by atoms with Crippen LogP contribution in [0.4, 0.5) is 22.7 Å². The summed E-state index contributed by atoms with van der Waals surface area (Å²) in [7, 11) is 0. The lowest BCUT2D eigenvalue weighted by Crippen LogP contribution is -2.09. The van der Waals surface area contributed by atoms with Gasteiger partial charge >= 0.3 is 0 Å². The van der Waals surface area contributed by atoms with Crippen molar-refractivity contribution < 1.29 is 0 Å². The van der Waals surface area contributed by atoms with Gasteiger partial charge in [0.15, 0.2) is 0 Å². The number of nitrogens with zero attached hydrogens (tertiary/aromatic N) is 2. The van der Waals surface area contributed by atoms with Crippen LogP contribution in [-0.2, 0) is 0 Å². The molecule has 0 amide bonds. The molecule has 10 aromatic carbocycles. The number of thiophene rings is 1. The number of aromatic nitrogens is 1. The lowest BCUT2D eigenvalue weighted by atomic mass is 9.92. The quantitative estimate of drug-likeness (QED) is 0.155. The van der Waals surface area contributed by atoms with Gasteiger partial charge in [0.05, 0.1) is 11.0 Å². The van der Waals surface area contributed by atoms with Crippen LogP contribution in [0.15, 0.2) is 237 Å². The zero-order valence-electron chi connectivity index (χ0n) is 34.9. The molecule has 0 aliphatic carbocycles. The number of para-hydroxylation sites is 1. The van der Waals surface area contributed by atoms with Crippen molar-refractivity contribution in [3.63, 3.8) is 0 Å². The van der Waals surface area contributed by atoms with Crippen LogP contribution in [0.25, 0.3) is 92.2 Å². The molecule has 0 saturated carbocycles. The number of anilines is 4. The third kappa shape index (κ3) is 6.43. The Morgan fingerprint density at radius 3 is 1.42 bits per heavy atom. The minimum atomic E-state index is 0.752. The first-order valence-corrected chi connectivity index (χ1v) is 22.5. The van der Waals surface area contributed by atoms with Crippen LogP contribution < -0.4 is 10.6 Å². The van der Waals surface area contributed by atoms with Crippen molar-refractivity contribution in [2.45, 2.75) is 0 Å². The fourth-order valence-corrected chi connectivity index (χ4v) is 10.6. The zero-order chi connectivity index (χ0) is 42.6. The summed E-state index contributed by atoms with van der Waals surface area (Å²) in [5, 5.41) is 4.90. The molecule has 3 nitrogen and oxygen atoms in total. The Labute approximate surface area is 376 Å². The molecule has 4 heteroatoms. The van der Waals surface area contributed by atoms with Crippen molar-refractivity contribution in [3.8, 4) is 50.2 Å². The second-order valence-electron chi connectivity index (χ2n) is 16.3. The van der Waals surface area contributed by atoms with E-state index in [2.05, 4.69) is 246 Å². The fraction of sp³-hybridized carbons (Fsp3) is 0. The first-order chi connectivity index (χ1) is 31.7. The largest absolute Gasteiger partial charge is 0.398 e. The highest BCUT2D eigenvalue weighted by Crippen LogP contribution is 2.47. The average Bonchev–Trinajstić information content (AvgIpc) is 3.90. The molecule has 0 atom stereocenters. The maximum absolute atomic E-state index is 7.51. The van der Waals surface area contributed by atoms with Crippen molar-refractivity contribution in [2.75, 3.05) is 10.6 Å². The molecule has 0 spiro atoms. The highest BCUT2D eigenvalue weighted by atomic mass is 32.1. The Balaban J connectivity index is 1.01. The summed E-state index contributed by atoms with van der Waals surface area (Å²) in [5.41, 5.74) is 23.8. The van der Waals surface area contributed by atoms with E-state index in [4.69, 9.17) is 5.73 Å². The molecule has 12 rings (SSSR count). The van der Waals surface area contributed by atoms with E-state index in [1.54, 1.807) is 0 Å². The first-order valence-electron chi connectivity index (χ1n) is 21.7. The standard InChI is InChI=1S/C60H41N3S/c61-59-52(44-28-34-48(35-29-44)62(46-30-24-42(25-31-46)40-14-4-1-5-15-40)47-32-26-43(27-33-47)41-16-6-2-7-17-41)39-54-50-20-10-12-22-55(50)63(60(54)58(59)45-18-8-3-9-19-45)49-36-37-57-53(38-49)51-21-11-13-23-56(51)64-57/h1-39H,61H2. The van der Waals surface area contributed by atoms with E-state index in [0.29, 0.717) is 0 Å². The zero-order valence-corrected chi connectivity index (χ0v) is 35.7. The molecule has 0 aliphatic heterocycles. The summed E-state index contributed by atoms with van der Waals surface area (Å²) in [4.78, 5) is 2.33. The predicted octanol–water partition coefficient (Wildman–Crippen LogP) is 16.9. The van der Waals surface area contributed by atoms with Gasteiger partial charge < -0.3 is 15.2 Å². The molecule has 0 fully saturated rings. The molecule has 0 radical (unpaired) electrons. The van der Waals surface area contributed by atoms with Gasteiger partial charge in [0.25, 0.3) is 0 Å². The molecule has 0 aliphatic rings. The lowest BCUT2D eigenvalue weighted by molar-refractivity contribution is 1.19. The van der Waals surface area contributed by atoms with Crippen molar-refractivity contribution in [1.29, 1.82) is 0 Å². The topological polar surface area (TPSA) is 34.2 Å². The molecule has 64 heavy (non-hydrogen) atoms. The van der Waals surface area contributed by atoms with Gasteiger partial charge in [0, 0.05) is 70.5 Å². The van der Waals surface area contributed by atoms with Gasteiger partial charge in [0.2, 0.25) is 0 Å². The molecule has 302 valence electrons. The van der Waals surface area contributed by atoms with E-state index in [-0.39, 0.29) is 0 Å². The van der Waals surface area contributed by atoms with E-state index < -0.39 is 0 Å². The van der Waals surface area contributed by atoms with E-state index in [0.717, 1.165) is 67.1 Å². The van der Waals surface area contributed by atoms with Crippen LogP contribution >= 0.6 is 11.3 Å². The minimum absolute atomic E-state index is 0.752. The Bertz CT molecular complexity index is 3550. The number of rotatable bonds is 8. The van der Waals surface area contributed by atoms with E-state index in [9.17, 15) is 0 Å². The van der Waals surface area contributed by atoms with Crippen LogP contribution in [0.2, 0.25) is 0 Å². The first kappa shape index (κ1) is 37.6. The van der Waals surface area contributed by atoms with Crippen molar-refractivity contribution in [1.82, 2.24) is 4.57 Å². The van der Waals surface area contributed by atoms with Crippen molar-refractivity contribution in [3.05, 3.63) is 237 Å². The van der Waals surface area contributed by atoms with Gasteiger partial charge in [-0.1, -0.05) is 164 Å². The molecular formula is C60H41N3S. The molecule has 2 aromatic heterocycles. The highest BCUT2D eigenvalue weighted by Gasteiger charge is 2.23. The molecule has 0 saturated heterocycles. The third-order valence-electron chi connectivity index (χ3n) is 12.6. The van der Waals surface area contributed by atoms with Gasteiger partial charge in [-0.25, -0.2) is 0 Å². The highest BCUT2D eigenvalue weighted by molar-refractivity contribution is 7.25. The maximum Gasteiger partial charge on any atom is 0.0640 e. The number of fused-ring (bicyclic) bond motifs is 6. The Hall–Kier alpha value is -8.18. The SMILES string of the molecule is Nc1c(-c2ccc(N(c3ccc(-c4ccccc4)cc3)c3ccc(-c4ccccc4)cc3)cc2)cc2c3ccccc3n(-c3ccc4sc5ccccc5c4c3)c2c1-c1ccccc1. The number of benzene rings is 10. The summed E-state index contributed by atoms with van der Waals surface area (Å²) in [5.74, 6) is 0. The summed E-state index contributed by atoms with van der Waals surface area (Å²) in [6.07, 6.45) is 0.